The van der Waals surface area contributed by atoms with E-state index >= 15 is 0 Å². The maximum atomic E-state index is 6.16. The monoisotopic (exact) mass is 298 g/mol. The van der Waals surface area contributed by atoms with E-state index in [2.05, 4.69) is 48.3 Å². The molecule has 0 unspecified atom stereocenters. The van der Waals surface area contributed by atoms with Gasteiger partial charge >= 0.3 is 0 Å². The lowest BCUT2D eigenvalue weighted by Crippen LogP contribution is -1.95. The van der Waals surface area contributed by atoms with Gasteiger partial charge in [0.15, 0.2) is 0 Å². The predicted octanol–water partition coefficient (Wildman–Crippen LogP) is 4.90. The number of hydrogen-bond acceptors (Lipinski definition) is 1. The van der Waals surface area contributed by atoms with Crippen LogP contribution in [-0.4, -0.2) is 4.98 Å². The number of H-pyrrole nitrogens is 1. The molecule has 0 radical (unpaired) electrons. The van der Waals surface area contributed by atoms with Gasteiger partial charge in [0.1, 0.15) is 0 Å². The van der Waals surface area contributed by atoms with Gasteiger partial charge in [-0.2, -0.15) is 0 Å². The maximum absolute atomic E-state index is 6.16. The van der Waals surface area contributed by atoms with Crippen LogP contribution in [0.4, 0.5) is 0 Å². The zero-order valence-corrected chi connectivity index (χ0v) is 12.9. The first kappa shape index (κ1) is 14.2. The molecule has 3 N–H and O–H groups in total. The Balaban J connectivity index is 2.17. The highest BCUT2D eigenvalue weighted by atomic mass is 35.5. The SMILES string of the molecule is CCCc1c(-c2ccc(CN)cc2)[nH]c2ccc(Cl)cc12. The summed E-state index contributed by atoms with van der Waals surface area (Å²) in [7, 11) is 0. The normalized spacial score (nSPS) is 11.2. The van der Waals surface area contributed by atoms with Crippen molar-refractivity contribution in [3.63, 3.8) is 0 Å². The van der Waals surface area contributed by atoms with Crippen LogP contribution in [0.2, 0.25) is 5.02 Å². The minimum atomic E-state index is 0.574. The van der Waals surface area contributed by atoms with Crippen molar-refractivity contribution in [2.45, 2.75) is 26.3 Å². The maximum Gasteiger partial charge on any atom is 0.0497 e. The Labute approximate surface area is 129 Å². The van der Waals surface area contributed by atoms with Gasteiger partial charge in [0.25, 0.3) is 0 Å². The zero-order valence-electron chi connectivity index (χ0n) is 12.1. The molecule has 0 atom stereocenters. The van der Waals surface area contributed by atoms with E-state index in [0.29, 0.717) is 6.54 Å². The highest BCUT2D eigenvalue weighted by Gasteiger charge is 2.12. The van der Waals surface area contributed by atoms with Crippen LogP contribution in [-0.2, 0) is 13.0 Å². The van der Waals surface area contributed by atoms with Gasteiger partial charge in [-0.25, -0.2) is 0 Å². The summed E-state index contributed by atoms with van der Waals surface area (Å²) in [6.45, 7) is 2.77. The van der Waals surface area contributed by atoms with Crippen LogP contribution in [0.15, 0.2) is 42.5 Å². The van der Waals surface area contributed by atoms with Gasteiger partial charge in [-0.05, 0) is 41.3 Å². The molecule has 0 fully saturated rings. The molecule has 0 amide bonds. The summed E-state index contributed by atoms with van der Waals surface area (Å²) < 4.78 is 0. The van der Waals surface area contributed by atoms with Crippen LogP contribution < -0.4 is 5.73 Å². The van der Waals surface area contributed by atoms with Gasteiger partial charge in [0, 0.05) is 28.2 Å². The number of benzene rings is 2. The van der Waals surface area contributed by atoms with E-state index in [1.54, 1.807) is 0 Å². The molecule has 2 nitrogen and oxygen atoms in total. The molecule has 0 aliphatic rings. The number of aromatic nitrogens is 1. The number of rotatable bonds is 4. The molecule has 1 aromatic heterocycles. The molecule has 0 spiro atoms. The van der Waals surface area contributed by atoms with Crippen LogP contribution in [0.5, 0.6) is 0 Å². The van der Waals surface area contributed by atoms with E-state index < -0.39 is 0 Å². The second-order valence-corrected chi connectivity index (χ2v) is 5.76. The summed E-state index contributed by atoms with van der Waals surface area (Å²) >= 11 is 6.16. The molecule has 3 heteroatoms. The number of fused-ring (bicyclic) bond motifs is 1. The van der Waals surface area contributed by atoms with Crippen molar-refractivity contribution in [3.8, 4) is 11.3 Å². The Morgan fingerprint density at radius 1 is 1.10 bits per heavy atom. The third kappa shape index (κ3) is 2.69. The average Bonchev–Trinajstić information content (AvgIpc) is 2.86. The molecule has 2 aromatic carbocycles. The lowest BCUT2D eigenvalue weighted by Gasteiger charge is -2.05. The number of halogens is 1. The standard InChI is InChI=1S/C18H19ClN2/c1-2-3-15-16-10-14(19)8-9-17(16)21-18(15)13-6-4-12(11-20)5-7-13/h4-10,21H,2-3,11,20H2,1H3. The van der Waals surface area contributed by atoms with Gasteiger partial charge in [-0.1, -0.05) is 49.2 Å². The highest BCUT2D eigenvalue weighted by molar-refractivity contribution is 6.31. The molecule has 108 valence electrons. The Hall–Kier alpha value is -1.77. The van der Waals surface area contributed by atoms with E-state index in [4.69, 9.17) is 17.3 Å². The van der Waals surface area contributed by atoms with E-state index in [1.807, 2.05) is 6.07 Å². The Morgan fingerprint density at radius 3 is 2.52 bits per heavy atom. The van der Waals surface area contributed by atoms with Crippen LogP contribution in [0, 0.1) is 0 Å². The van der Waals surface area contributed by atoms with Gasteiger partial charge in [-0.3, -0.25) is 0 Å². The summed E-state index contributed by atoms with van der Waals surface area (Å²) in [5, 5.41) is 2.01. The highest BCUT2D eigenvalue weighted by Crippen LogP contribution is 2.33. The first-order valence-electron chi connectivity index (χ1n) is 7.32. The molecule has 0 bridgehead atoms. The fourth-order valence-corrected chi connectivity index (χ4v) is 2.96. The molecule has 0 aliphatic carbocycles. The minimum Gasteiger partial charge on any atom is -0.354 e. The van der Waals surface area contributed by atoms with Crippen LogP contribution in [0.25, 0.3) is 22.2 Å². The number of aromatic amines is 1. The van der Waals surface area contributed by atoms with Gasteiger partial charge < -0.3 is 10.7 Å². The summed E-state index contributed by atoms with van der Waals surface area (Å²) in [6, 6.07) is 14.5. The lowest BCUT2D eigenvalue weighted by atomic mass is 10.0. The van der Waals surface area contributed by atoms with Crippen molar-refractivity contribution in [1.29, 1.82) is 0 Å². The predicted molar refractivity (Wildman–Crippen MR) is 90.6 cm³/mol. The average molecular weight is 299 g/mol. The van der Waals surface area contributed by atoms with Crippen LogP contribution in [0.1, 0.15) is 24.5 Å². The molecule has 21 heavy (non-hydrogen) atoms. The van der Waals surface area contributed by atoms with E-state index in [-0.39, 0.29) is 0 Å². The molecular weight excluding hydrogens is 280 g/mol. The Bertz CT molecular complexity index is 757. The summed E-state index contributed by atoms with van der Waals surface area (Å²) in [4.78, 5) is 3.54. The second kappa shape index (κ2) is 5.92. The van der Waals surface area contributed by atoms with Crippen molar-refractivity contribution < 1.29 is 0 Å². The zero-order chi connectivity index (χ0) is 14.8. The second-order valence-electron chi connectivity index (χ2n) is 5.32. The first-order valence-corrected chi connectivity index (χ1v) is 7.70. The molecule has 3 aromatic rings. The number of aryl methyl sites for hydroxylation is 1. The summed E-state index contributed by atoms with van der Waals surface area (Å²) in [5.41, 5.74) is 11.7. The van der Waals surface area contributed by atoms with E-state index in [9.17, 15) is 0 Å². The summed E-state index contributed by atoms with van der Waals surface area (Å²) in [5.74, 6) is 0. The lowest BCUT2D eigenvalue weighted by molar-refractivity contribution is 0.930. The smallest absolute Gasteiger partial charge is 0.0497 e. The minimum absolute atomic E-state index is 0.574. The van der Waals surface area contributed by atoms with Crippen molar-refractivity contribution >= 4 is 22.5 Å². The molecule has 3 rings (SSSR count). The quantitative estimate of drug-likeness (QED) is 0.707. The molecule has 1 heterocycles. The van der Waals surface area contributed by atoms with Gasteiger partial charge in [0.2, 0.25) is 0 Å². The van der Waals surface area contributed by atoms with Gasteiger partial charge in [-0.15, -0.1) is 0 Å². The summed E-state index contributed by atoms with van der Waals surface area (Å²) in [6.07, 6.45) is 2.14. The van der Waals surface area contributed by atoms with Crippen molar-refractivity contribution in [3.05, 3.63) is 58.6 Å². The number of nitrogens with two attached hydrogens (primary N) is 1. The number of nitrogens with one attached hydrogen (secondary N) is 1. The fourth-order valence-electron chi connectivity index (χ4n) is 2.78. The molecule has 0 saturated carbocycles. The topological polar surface area (TPSA) is 41.8 Å². The molecular formula is C18H19ClN2. The third-order valence-electron chi connectivity index (χ3n) is 3.85. The van der Waals surface area contributed by atoms with E-state index in [0.717, 1.165) is 28.9 Å². The van der Waals surface area contributed by atoms with Crippen LogP contribution in [0.3, 0.4) is 0 Å². The van der Waals surface area contributed by atoms with Gasteiger partial charge in [0.05, 0.1) is 0 Å². The fraction of sp³-hybridized carbons (Fsp3) is 0.222. The van der Waals surface area contributed by atoms with Crippen molar-refractivity contribution in [2.24, 2.45) is 5.73 Å². The Morgan fingerprint density at radius 2 is 1.86 bits per heavy atom. The largest absolute Gasteiger partial charge is 0.354 e. The Kier molecular flexibility index (Phi) is 4.00. The van der Waals surface area contributed by atoms with Crippen molar-refractivity contribution in [2.75, 3.05) is 0 Å². The first-order chi connectivity index (χ1) is 10.2. The van der Waals surface area contributed by atoms with Crippen LogP contribution >= 0.6 is 11.6 Å². The van der Waals surface area contributed by atoms with E-state index in [1.165, 1.54) is 22.2 Å². The molecule has 0 saturated heterocycles. The third-order valence-corrected chi connectivity index (χ3v) is 4.08. The molecule has 0 aliphatic heterocycles. The van der Waals surface area contributed by atoms with Crippen molar-refractivity contribution in [1.82, 2.24) is 4.98 Å². The number of hydrogen-bond donors (Lipinski definition) is 2.